The first kappa shape index (κ1) is 16.3. The molecule has 1 saturated heterocycles. The lowest BCUT2D eigenvalue weighted by Crippen LogP contribution is -2.42. The molecular formula is C12H9Br2NO5S. The smallest absolute Gasteiger partial charge is 0.328 e. The Labute approximate surface area is 141 Å². The van der Waals surface area contributed by atoms with Gasteiger partial charge in [0.1, 0.15) is 11.8 Å². The molecular weight excluding hydrogens is 430 g/mol. The maximum Gasteiger partial charge on any atom is 0.328 e. The topological polar surface area (TPSA) is 76.8 Å². The van der Waals surface area contributed by atoms with Crippen molar-refractivity contribution < 1.29 is 23.5 Å². The average Bonchev–Trinajstić information content (AvgIpc) is 2.89. The number of nitrogens with zero attached hydrogens (tertiary/aromatic N) is 1. The standard InChI is InChI=1S/C12H9Br2NO5S/c1-5(11(17)19-2)15-10(16)8(21-12(15)18)4-6-3-7(13)9(14)20-6/h3-5H,1-2H3/b8-4+/t5-/m0/s1. The Kier molecular flexibility index (Phi) is 4.95. The fraction of sp³-hybridized carbons (Fsp3) is 0.250. The van der Waals surface area contributed by atoms with Crippen molar-refractivity contribution in [3.05, 3.63) is 25.9 Å². The zero-order valence-electron chi connectivity index (χ0n) is 10.9. The Morgan fingerprint density at radius 1 is 1.48 bits per heavy atom. The molecule has 2 rings (SSSR count). The molecule has 2 amide bonds. The summed E-state index contributed by atoms with van der Waals surface area (Å²) in [6.45, 7) is 1.44. The van der Waals surface area contributed by atoms with Crippen LogP contribution in [-0.4, -0.2) is 35.2 Å². The fourth-order valence-electron chi connectivity index (χ4n) is 1.65. The second-order valence-electron chi connectivity index (χ2n) is 4.02. The van der Waals surface area contributed by atoms with E-state index >= 15 is 0 Å². The Hall–Kier alpha value is -1.06. The van der Waals surface area contributed by atoms with E-state index in [1.165, 1.54) is 20.1 Å². The Balaban J connectivity index is 2.27. The molecule has 0 saturated carbocycles. The predicted octanol–water partition coefficient (Wildman–Crippen LogP) is 3.40. The third-order valence-electron chi connectivity index (χ3n) is 2.69. The second kappa shape index (κ2) is 6.37. The maximum absolute atomic E-state index is 12.2. The van der Waals surface area contributed by atoms with Crippen LogP contribution in [0.4, 0.5) is 4.79 Å². The van der Waals surface area contributed by atoms with Gasteiger partial charge in [0.15, 0.2) is 4.67 Å². The van der Waals surface area contributed by atoms with Crippen LogP contribution >= 0.6 is 43.6 Å². The minimum Gasteiger partial charge on any atom is -0.467 e. The van der Waals surface area contributed by atoms with E-state index in [4.69, 9.17) is 4.42 Å². The molecule has 0 bridgehead atoms. The van der Waals surface area contributed by atoms with Crippen molar-refractivity contribution in [2.75, 3.05) is 7.11 Å². The van der Waals surface area contributed by atoms with Gasteiger partial charge in [-0.05, 0) is 56.6 Å². The van der Waals surface area contributed by atoms with Crippen molar-refractivity contribution in [3.63, 3.8) is 0 Å². The number of carbonyl (C=O) groups is 3. The zero-order chi connectivity index (χ0) is 15.7. The number of thioether (sulfide) groups is 1. The third-order valence-corrected chi connectivity index (χ3v) is 5.28. The van der Waals surface area contributed by atoms with Gasteiger partial charge in [-0.15, -0.1) is 0 Å². The summed E-state index contributed by atoms with van der Waals surface area (Å²) in [6.07, 6.45) is 1.45. The van der Waals surface area contributed by atoms with E-state index in [2.05, 4.69) is 36.6 Å². The first-order valence-electron chi connectivity index (χ1n) is 5.65. The van der Waals surface area contributed by atoms with Crippen LogP contribution in [0, 0.1) is 0 Å². The van der Waals surface area contributed by atoms with Crippen LogP contribution in [-0.2, 0) is 14.3 Å². The van der Waals surface area contributed by atoms with E-state index < -0.39 is 23.2 Å². The molecule has 1 fully saturated rings. The van der Waals surface area contributed by atoms with E-state index in [-0.39, 0.29) is 4.91 Å². The highest BCUT2D eigenvalue weighted by Crippen LogP contribution is 2.35. The number of amides is 2. The lowest BCUT2D eigenvalue weighted by atomic mass is 10.3. The highest BCUT2D eigenvalue weighted by Gasteiger charge is 2.41. The third kappa shape index (κ3) is 3.24. The number of esters is 1. The number of hydrogen-bond donors (Lipinski definition) is 0. The molecule has 0 aromatic carbocycles. The molecule has 1 aliphatic rings. The number of carbonyl (C=O) groups excluding carboxylic acids is 3. The molecule has 0 radical (unpaired) electrons. The number of hydrogen-bond acceptors (Lipinski definition) is 6. The van der Waals surface area contributed by atoms with Gasteiger partial charge in [-0.2, -0.15) is 0 Å². The lowest BCUT2D eigenvalue weighted by molar-refractivity contribution is -0.148. The maximum atomic E-state index is 12.2. The Bertz CT molecular complexity index is 635. The summed E-state index contributed by atoms with van der Waals surface area (Å²) in [5.41, 5.74) is 0. The van der Waals surface area contributed by atoms with Crippen LogP contribution < -0.4 is 0 Å². The fourth-order valence-corrected chi connectivity index (χ4v) is 3.15. The van der Waals surface area contributed by atoms with Gasteiger partial charge in [-0.25, -0.2) is 4.79 Å². The zero-order valence-corrected chi connectivity index (χ0v) is 14.9. The molecule has 112 valence electrons. The van der Waals surface area contributed by atoms with Gasteiger partial charge in [0.2, 0.25) is 0 Å². The van der Waals surface area contributed by atoms with E-state index in [0.717, 1.165) is 16.7 Å². The predicted molar refractivity (Wildman–Crippen MR) is 83.4 cm³/mol. The van der Waals surface area contributed by atoms with E-state index in [0.29, 0.717) is 14.9 Å². The summed E-state index contributed by atoms with van der Waals surface area (Å²) < 4.78 is 11.1. The molecule has 1 aromatic rings. The quantitative estimate of drug-likeness (QED) is 0.531. The van der Waals surface area contributed by atoms with E-state index in [9.17, 15) is 14.4 Å². The van der Waals surface area contributed by atoms with Crippen LogP contribution in [0.3, 0.4) is 0 Å². The summed E-state index contributed by atoms with van der Waals surface area (Å²) >= 11 is 7.19. The van der Waals surface area contributed by atoms with Gasteiger partial charge in [0.05, 0.1) is 16.5 Å². The summed E-state index contributed by atoms with van der Waals surface area (Å²) in [7, 11) is 1.20. The molecule has 0 unspecified atom stereocenters. The van der Waals surface area contributed by atoms with Crippen molar-refractivity contribution in [2.45, 2.75) is 13.0 Å². The van der Waals surface area contributed by atoms with Gasteiger partial charge < -0.3 is 9.15 Å². The first-order chi connectivity index (χ1) is 9.85. The molecule has 1 aromatic heterocycles. The number of imide groups is 1. The summed E-state index contributed by atoms with van der Waals surface area (Å²) in [5, 5.41) is -0.520. The Morgan fingerprint density at radius 3 is 2.67 bits per heavy atom. The second-order valence-corrected chi connectivity index (χ2v) is 6.59. The molecule has 1 aliphatic heterocycles. The summed E-state index contributed by atoms with van der Waals surface area (Å²) in [5.74, 6) is -0.793. The minimum atomic E-state index is -0.969. The normalized spacial score (nSPS) is 18.5. The highest BCUT2D eigenvalue weighted by molar-refractivity contribution is 9.13. The molecule has 0 spiro atoms. The minimum absolute atomic E-state index is 0.185. The molecule has 0 aliphatic carbocycles. The van der Waals surface area contributed by atoms with Crippen LogP contribution in [0.5, 0.6) is 0 Å². The number of methoxy groups -OCH3 is 1. The molecule has 2 heterocycles. The number of ether oxygens (including phenoxy) is 1. The largest absolute Gasteiger partial charge is 0.467 e. The van der Waals surface area contributed by atoms with E-state index in [1.807, 2.05) is 0 Å². The van der Waals surface area contributed by atoms with Crippen LogP contribution in [0.25, 0.3) is 6.08 Å². The summed E-state index contributed by atoms with van der Waals surface area (Å²) in [6, 6.07) is 0.686. The van der Waals surface area contributed by atoms with Gasteiger partial charge in [-0.1, -0.05) is 0 Å². The monoisotopic (exact) mass is 437 g/mol. The molecule has 21 heavy (non-hydrogen) atoms. The van der Waals surface area contributed by atoms with E-state index in [1.54, 1.807) is 6.07 Å². The highest BCUT2D eigenvalue weighted by atomic mass is 79.9. The average molecular weight is 439 g/mol. The van der Waals surface area contributed by atoms with Crippen LogP contribution in [0.2, 0.25) is 0 Å². The first-order valence-corrected chi connectivity index (χ1v) is 8.05. The van der Waals surface area contributed by atoms with Crippen molar-refractivity contribution in [1.29, 1.82) is 0 Å². The molecule has 9 heteroatoms. The Morgan fingerprint density at radius 2 is 2.14 bits per heavy atom. The molecule has 0 N–H and O–H groups in total. The lowest BCUT2D eigenvalue weighted by Gasteiger charge is -2.18. The number of rotatable bonds is 3. The van der Waals surface area contributed by atoms with Gasteiger partial charge in [-0.3, -0.25) is 14.5 Å². The SMILES string of the molecule is COC(=O)[C@H](C)N1C(=O)S/C(=C/c2cc(Br)c(Br)o2)C1=O. The molecule has 6 nitrogen and oxygen atoms in total. The van der Waals surface area contributed by atoms with Crippen molar-refractivity contribution in [2.24, 2.45) is 0 Å². The van der Waals surface area contributed by atoms with Crippen LogP contribution in [0.1, 0.15) is 12.7 Å². The number of halogens is 2. The van der Waals surface area contributed by atoms with Crippen LogP contribution in [0.15, 0.2) is 24.5 Å². The molecule has 1 atom stereocenters. The number of furan rings is 1. The van der Waals surface area contributed by atoms with Gasteiger partial charge in [0, 0.05) is 6.08 Å². The van der Waals surface area contributed by atoms with Gasteiger partial charge >= 0.3 is 5.97 Å². The van der Waals surface area contributed by atoms with Crippen molar-refractivity contribution in [1.82, 2.24) is 4.90 Å². The van der Waals surface area contributed by atoms with Crippen molar-refractivity contribution in [3.8, 4) is 0 Å². The summed E-state index contributed by atoms with van der Waals surface area (Å²) in [4.78, 5) is 36.6. The van der Waals surface area contributed by atoms with Gasteiger partial charge in [0.25, 0.3) is 11.1 Å². The van der Waals surface area contributed by atoms with Crippen molar-refractivity contribution >= 4 is 66.8 Å².